The van der Waals surface area contributed by atoms with Gasteiger partial charge in [0.05, 0.1) is 35.6 Å². The van der Waals surface area contributed by atoms with Crippen LogP contribution in [0.3, 0.4) is 0 Å². The van der Waals surface area contributed by atoms with E-state index in [-0.39, 0.29) is 16.9 Å². The lowest BCUT2D eigenvalue weighted by atomic mass is 10.2. The zero-order chi connectivity index (χ0) is 24.1. The van der Waals surface area contributed by atoms with E-state index < -0.39 is 16.1 Å². The Morgan fingerprint density at radius 2 is 2.00 bits per heavy atom. The first-order valence-electron chi connectivity index (χ1n) is 11.4. The third-order valence-electron chi connectivity index (χ3n) is 5.79. The smallest absolute Gasteiger partial charge is 0.247 e. The zero-order valence-electron chi connectivity index (χ0n) is 19.4. The highest BCUT2D eigenvalue weighted by Gasteiger charge is 2.28. The van der Waals surface area contributed by atoms with Gasteiger partial charge in [-0.2, -0.15) is 4.31 Å². The highest BCUT2D eigenvalue weighted by atomic mass is 32.2. The molecule has 3 N–H and O–H groups in total. The van der Waals surface area contributed by atoms with Gasteiger partial charge in [-0.25, -0.2) is 8.42 Å². The lowest BCUT2D eigenvalue weighted by Gasteiger charge is -2.27. The van der Waals surface area contributed by atoms with Crippen LogP contribution in [0.1, 0.15) is 25.5 Å². The first-order chi connectivity index (χ1) is 16.3. The van der Waals surface area contributed by atoms with E-state index in [1.165, 1.54) is 4.31 Å². The van der Waals surface area contributed by atoms with E-state index >= 15 is 0 Å². The number of hydrogen-bond acceptors (Lipinski definition) is 9. The molecule has 2 aliphatic heterocycles. The molecular formula is C22H31N5O6S. The summed E-state index contributed by atoms with van der Waals surface area (Å²) in [5.74, 6) is 0.564. The summed E-state index contributed by atoms with van der Waals surface area (Å²) in [5.41, 5.74) is 1.19. The van der Waals surface area contributed by atoms with Crippen molar-refractivity contribution < 1.29 is 27.2 Å². The van der Waals surface area contributed by atoms with Gasteiger partial charge < -0.3 is 29.9 Å². The van der Waals surface area contributed by atoms with Crippen molar-refractivity contribution in [2.45, 2.75) is 43.7 Å². The van der Waals surface area contributed by atoms with E-state index in [9.17, 15) is 13.2 Å². The van der Waals surface area contributed by atoms with Crippen LogP contribution in [0.25, 0.3) is 0 Å². The number of morpholine rings is 1. The van der Waals surface area contributed by atoms with Crippen molar-refractivity contribution in [2.24, 2.45) is 0 Å². The molecule has 3 heterocycles. The van der Waals surface area contributed by atoms with Gasteiger partial charge in [0.1, 0.15) is 11.8 Å². The van der Waals surface area contributed by atoms with E-state index in [0.29, 0.717) is 55.8 Å². The Hall–Kier alpha value is -2.67. The Morgan fingerprint density at radius 1 is 1.21 bits per heavy atom. The van der Waals surface area contributed by atoms with Gasteiger partial charge in [-0.15, -0.1) is 0 Å². The average molecular weight is 494 g/mol. The largest absolute Gasteiger partial charge is 0.381 e. The highest BCUT2D eigenvalue weighted by molar-refractivity contribution is 7.89. The Balaban J connectivity index is 1.54. The third-order valence-corrected chi connectivity index (χ3v) is 7.68. The molecule has 12 heteroatoms. The molecule has 2 fully saturated rings. The second kappa shape index (κ2) is 10.7. The first kappa shape index (κ1) is 24.5. The Kier molecular flexibility index (Phi) is 7.71. The summed E-state index contributed by atoms with van der Waals surface area (Å²) in [6.07, 6.45) is 2.09. The van der Waals surface area contributed by atoms with Crippen molar-refractivity contribution in [3.8, 4) is 0 Å². The molecule has 34 heavy (non-hydrogen) atoms. The van der Waals surface area contributed by atoms with Crippen molar-refractivity contribution in [3.05, 3.63) is 30.0 Å². The topological polar surface area (TPSA) is 135 Å². The van der Waals surface area contributed by atoms with Gasteiger partial charge in [-0.3, -0.25) is 4.79 Å². The number of ether oxygens (including phenoxy) is 2. The summed E-state index contributed by atoms with van der Waals surface area (Å²) < 4.78 is 43.7. The van der Waals surface area contributed by atoms with Crippen molar-refractivity contribution in [1.29, 1.82) is 0 Å². The molecule has 0 spiro atoms. The number of aryl methyl sites for hydroxylation is 1. The fourth-order valence-corrected chi connectivity index (χ4v) is 5.32. The molecule has 0 radical (unpaired) electrons. The Labute approximate surface area is 199 Å². The maximum absolute atomic E-state index is 13.2. The van der Waals surface area contributed by atoms with Gasteiger partial charge in [0.2, 0.25) is 15.9 Å². The van der Waals surface area contributed by atoms with E-state index in [1.807, 2.05) is 0 Å². The molecule has 0 aliphatic carbocycles. The summed E-state index contributed by atoms with van der Waals surface area (Å²) in [4.78, 5) is 12.8. The molecule has 0 unspecified atom stereocenters. The summed E-state index contributed by atoms with van der Waals surface area (Å²) in [6.45, 7) is 6.09. The van der Waals surface area contributed by atoms with E-state index in [0.717, 1.165) is 19.4 Å². The molecule has 11 nitrogen and oxygen atoms in total. The van der Waals surface area contributed by atoms with Crippen molar-refractivity contribution in [1.82, 2.24) is 9.46 Å². The van der Waals surface area contributed by atoms with Gasteiger partial charge in [-0.1, -0.05) is 5.16 Å². The lowest BCUT2D eigenvalue weighted by molar-refractivity contribution is -0.116. The van der Waals surface area contributed by atoms with Gasteiger partial charge >= 0.3 is 0 Å². The molecule has 2 aromatic rings. The first-order valence-corrected chi connectivity index (χ1v) is 12.8. The summed E-state index contributed by atoms with van der Waals surface area (Å²) >= 11 is 0. The maximum atomic E-state index is 13.2. The third kappa shape index (κ3) is 5.87. The van der Waals surface area contributed by atoms with Crippen LogP contribution in [0, 0.1) is 6.92 Å². The number of anilines is 3. The predicted molar refractivity (Wildman–Crippen MR) is 126 cm³/mol. The molecule has 186 valence electrons. The zero-order valence-corrected chi connectivity index (χ0v) is 20.2. The van der Waals surface area contributed by atoms with Crippen LogP contribution in [0.2, 0.25) is 0 Å². The van der Waals surface area contributed by atoms with Crippen LogP contribution < -0.4 is 16.0 Å². The number of carbonyl (C=O) groups excluding carboxylic acids is 1. The molecule has 0 saturated carbocycles. The number of carbonyl (C=O) groups is 1. The van der Waals surface area contributed by atoms with Crippen molar-refractivity contribution >= 4 is 33.1 Å². The monoisotopic (exact) mass is 493 g/mol. The molecule has 2 atom stereocenters. The fourth-order valence-electron chi connectivity index (χ4n) is 3.88. The number of benzene rings is 1. The summed E-state index contributed by atoms with van der Waals surface area (Å²) in [5, 5.41) is 12.9. The molecule has 1 aromatic carbocycles. The minimum Gasteiger partial charge on any atom is -0.381 e. The number of nitrogens with one attached hydrogen (secondary N) is 3. The standard InChI is InChI=1S/C22H31N5O6S/c1-15-12-21(26-33-15)25-22(28)16(2)24-20-13-18(34(29,30)27-7-10-31-11-8-27)5-6-19(20)23-14-17-4-3-9-32-17/h5-6,12-13,16-17,23-24H,3-4,7-11,14H2,1-2H3,(H,25,26,28)/t16-,17-/m1/s1. The SMILES string of the molecule is Cc1cc(NC(=O)[C@@H](C)Nc2cc(S(=O)(=O)N3CCOCC3)ccc2NC[C@H]2CCCO2)no1. The number of rotatable bonds is 9. The van der Waals surface area contributed by atoms with Crippen molar-refractivity contribution in [2.75, 3.05) is 55.4 Å². The molecule has 2 saturated heterocycles. The molecule has 2 aliphatic rings. The number of aromatic nitrogens is 1. The van der Waals surface area contributed by atoms with Gasteiger partial charge in [0.15, 0.2) is 5.82 Å². The average Bonchev–Trinajstić information content (AvgIpc) is 3.50. The number of amides is 1. The molecule has 0 bridgehead atoms. The van der Waals surface area contributed by atoms with Gasteiger partial charge in [-0.05, 0) is 44.9 Å². The van der Waals surface area contributed by atoms with Crippen molar-refractivity contribution in [3.63, 3.8) is 0 Å². The van der Waals surface area contributed by atoms with Crippen LogP contribution in [-0.4, -0.2) is 75.4 Å². The van der Waals surface area contributed by atoms with Crippen LogP contribution in [-0.2, 0) is 24.3 Å². The highest BCUT2D eigenvalue weighted by Crippen LogP contribution is 2.29. The van der Waals surface area contributed by atoms with E-state index in [2.05, 4.69) is 21.1 Å². The van der Waals surface area contributed by atoms with E-state index in [1.54, 1.807) is 38.1 Å². The van der Waals surface area contributed by atoms with E-state index in [4.69, 9.17) is 14.0 Å². The number of sulfonamides is 1. The quantitative estimate of drug-likeness (QED) is 0.479. The molecule has 1 aromatic heterocycles. The van der Waals surface area contributed by atoms with Gasteiger partial charge in [0.25, 0.3) is 0 Å². The Bertz CT molecular complexity index is 1090. The second-order valence-corrected chi connectivity index (χ2v) is 10.4. The minimum absolute atomic E-state index is 0.0979. The van der Waals surface area contributed by atoms with Crippen LogP contribution in [0.15, 0.2) is 33.7 Å². The molecule has 1 amide bonds. The molecule has 4 rings (SSSR count). The second-order valence-electron chi connectivity index (χ2n) is 8.42. The lowest BCUT2D eigenvalue weighted by Crippen LogP contribution is -2.40. The van der Waals surface area contributed by atoms with Gasteiger partial charge in [0, 0.05) is 32.3 Å². The van der Waals surface area contributed by atoms with Crippen LogP contribution in [0.4, 0.5) is 17.2 Å². The minimum atomic E-state index is -3.70. The maximum Gasteiger partial charge on any atom is 0.247 e. The van der Waals surface area contributed by atoms with Crippen LogP contribution in [0.5, 0.6) is 0 Å². The number of nitrogens with zero attached hydrogens (tertiary/aromatic N) is 2. The fraction of sp³-hybridized carbons (Fsp3) is 0.545. The predicted octanol–water partition coefficient (Wildman–Crippen LogP) is 2.03. The summed E-state index contributed by atoms with van der Waals surface area (Å²) in [7, 11) is -3.70. The van der Waals surface area contributed by atoms with Crippen LogP contribution >= 0.6 is 0 Å². The normalized spacial score (nSPS) is 20.1. The summed E-state index contributed by atoms with van der Waals surface area (Å²) in [6, 6.07) is 5.80. The Morgan fingerprint density at radius 3 is 2.68 bits per heavy atom. The molecular weight excluding hydrogens is 462 g/mol. The number of hydrogen-bond donors (Lipinski definition) is 3.